The number of Topliss-reactive ketones (excluding diaryl/α,β-unsaturated/α-hetero) is 3. The van der Waals surface area contributed by atoms with Crippen LogP contribution in [0.3, 0.4) is 0 Å². The lowest BCUT2D eigenvalue weighted by Crippen LogP contribution is -2.04. The second-order valence-electron chi connectivity index (χ2n) is 17.5. The zero-order chi connectivity index (χ0) is 61.3. The van der Waals surface area contributed by atoms with Crippen molar-refractivity contribution in [2.45, 2.75) is 153 Å². The Morgan fingerprint density at radius 1 is 0.524 bits per heavy atom. The molecule has 0 saturated heterocycles. The predicted octanol–water partition coefficient (Wildman–Crippen LogP) is 19.6. The minimum atomic E-state index is -0.965. The van der Waals surface area contributed by atoms with Crippen molar-refractivity contribution >= 4 is 75.7 Å². The van der Waals surface area contributed by atoms with Crippen molar-refractivity contribution in [3.8, 4) is 0 Å². The molecule has 1 aliphatic heterocycles. The molecule has 0 unspecified atom stereocenters. The molecule has 0 amide bonds. The molecular weight excluding hydrogens is 1110 g/mol. The highest BCUT2D eigenvalue weighted by molar-refractivity contribution is 7.99. The van der Waals surface area contributed by atoms with Crippen LogP contribution >= 0.6 is 35.3 Å². The van der Waals surface area contributed by atoms with Crippen LogP contribution in [0.5, 0.6) is 0 Å². The normalized spacial score (nSPS) is 10.7. The van der Waals surface area contributed by atoms with E-state index in [-0.39, 0.29) is 79.8 Å². The van der Waals surface area contributed by atoms with Gasteiger partial charge in [0.05, 0.1) is 12.0 Å². The number of ketones is 3. The number of rotatable bonds is 12. The minimum absolute atomic E-state index is 0. The first-order chi connectivity index (χ1) is 37.8. The highest BCUT2D eigenvalue weighted by Gasteiger charge is 2.29. The third-order valence-electron chi connectivity index (χ3n) is 12.8. The Bertz CT molecular complexity index is 3060. The van der Waals surface area contributed by atoms with E-state index in [1.807, 2.05) is 137 Å². The van der Waals surface area contributed by atoms with E-state index >= 15 is 0 Å². The highest BCUT2D eigenvalue weighted by Crippen LogP contribution is 2.38. The second kappa shape index (κ2) is 38.5. The highest BCUT2D eigenvalue weighted by atomic mass is 32.2. The van der Waals surface area contributed by atoms with E-state index in [0.29, 0.717) is 49.8 Å². The minimum Gasteiger partial charge on any atom is -0.481 e. The molecule has 1 heterocycles. The molecular formula is C67H85F5O7S3. The van der Waals surface area contributed by atoms with E-state index in [4.69, 9.17) is 9.84 Å². The molecule has 0 aromatic heterocycles. The molecule has 7 rings (SSSR count). The lowest BCUT2D eigenvalue weighted by atomic mass is 9.92. The molecule has 82 heavy (non-hydrogen) atoms. The van der Waals surface area contributed by atoms with Crippen molar-refractivity contribution in [2.24, 2.45) is 0 Å². The molecule has 0 radical (unpaired) electrons. The van der Waals surface area contributed by atoms with Gasteiger partial charge in [-0.1, -0.05) is 117 Å². The van der Waals surface area contributed by atoms with Gasteiger partial charge in [-0.3, -0.25) is 19.2 Å². The zero-order valence-corrected chi connectivity index (χ0v) is 51.9. The molecule has 7 nitrogen and oxygen atoms in total. The maximum atomic E-state index is 14.4. The molecule has 15 heteroatoms. The van der Waals surface area contributed by atoms with Gasteiger partial charge in [0, 0.05) is 49.8 Å². The number of carbonyl (C=O) groups is 5. The number of thioether (sulfide) groups is 3. The first-order valence-corrected chi connectivity index (χ1v) is 29.8. The molecule has 6 aromatic carbocycles. The van der Waals surface area contributed by atoms with Gasteiger partial charge >= 0.3 is 11.9 Å². The average Bonchev–Trinajstić information content (AvgIpc) is 4.07. The summed E-state index contributed by atoms with van der Waals surface area (Å²) in [6.07, 6.45) is 6.48. The number of hydrogen-bond donors (Lipinski definition) is 1. The van der Waals surface area contributed by atoms with Crippen LogP contribution in [-0.2, 0) is 20.7 Å². The fraction of sp³-hybridized carbons (Fsp3) is 0.358. The largest absolute Gasteiger partial charge is 0.481 e. The SMILES string of the molecule is C.C.CC.CC.CC(=O)c1cc(F)c(F)c(C)c1C.CCC(=O)c1cc(F)c(SC)c(C)c1C.CCC(=O)c1cc(F)c(SC)c(C)c1C.CSc1c(F)cc(C2=C(c3ccccc3)C(=O)OC2)c(C)c1C.O=C(O)Cc1ccccc1. The fourth-order valence-electron chi connectivity index (χ4n) is 8.08. The number of carboxylic acid groups (broad SMARTS) is 1. The van der Waals surface area contributed by atoms with E-state index in [0.717, 1.165) is 61.7 Å². The molecule has 6 aromatic rings. The summed E-state index contributed by atoms with van der Waals surface area (Å²) >= 11 is 4.15. The molecule has 1 N–H and O–H groups in total. The number of carbonyl (C=O) groups excluding carboxylic acids is 4. The zero-order valence-electron chi connectivity index (χ0n) is 49.4. The van der Waals surface area contributed by atoms with Gasteiger partial charge in [0.15, 0.2) is 29.0 Å². The van der Waals surface area contributed by atoms with Gasteiger partial charge in [-0.15, -0.1) is 35.3 Å². The monoisotopic (exact) mass is 1190 g/mol. The maximum Gasteiger partial charge on any atom is 0.339 e. The number of benzene rings is 6. The standard InChI is InChI=1S/C19H17FO2S.2C12H15FOS.C10H10F2O.C8H8O2.2C2H6.2CH4/c1-11-12(2)18(23-3)16(20)9-14(11)15-10-22-19(21)17(15)13-7-5-4-6-8-13;2*1-5-11(14)9-6-10(13)12(15-4)8(3)7(9)2;1-5-6(2)10(12)9(11)4-8(5)7(3)13;9-8(10)6-7-4-2-1-3-5-7;2*1-2;;/h4-9H,10H2,1-3H3;2*6H,5H2,1-4H3;4H,1-3H3;1-5H,6H2,(H,9,10);2*1-2H3;2*1H4. The summed E-state index contributed by atoms with van der Waals surface area (Å²) in [7, 11) is 0. The third-order valence-corrected chi connectivity index (χ3v) is 15.6. The Balaban J connectivity index is 0. The van der Waals surface area contributed by atoms with Gasteiger partial charge < -0.3 is 9.84 Å². The van der Waals surface area contributed by atoms with Crippen molar-refractivity contribution in [3.05, 3.63) is 192 Å². The van der Waals surface area contributed by atoms with E-state index in [2.05, 4.69) is 0 Å². The van der Waals surface area contributed by atoms with Crippen LogP contribution < -0.4 is 0 Å². The Labute approximate surface area is 498 Å². The first kappa shape index (κ1) is 77.8. The quantitative estimate of drug-likeness (QED) is 0.0550. The van der Waals surface area contributed by atoms with Crippen LogP contribution in [0.4, 0.5) is 22.0 Å². The van der Waals surface area contributed by atoms with Crippen LogP contribution in [0.1, 0.15) is 168 Å². The average molecular weight is 1190 g/mol. The summed E-state index contributed by atoms with van der Waals surface area (Å²) in [5.41, 5.74) is 11.1. The molecule has 0 atom stereocenters. The number of cyclic esters (lactones) is 1. The topological polar surface area (TPSA) is 115 Å². The summed E-state index contributed by atoms with van der Waals surface area (Å²) in [6, 6.07) is 23.7. The molecule has 1 aliphatic rings. The Kier molecular flexibility index (Phi) is 36.5. The van der Waals surface area contributed by atoms with Gasteiger partial charge in [0.1, 0.15) is 24.1 Å². The molecule has 0 saturated carbocycles. The van der Waals surface area contributed by atoms with Gasteiger partial charge in [0.25, 0.3) is 0 Å². The summed E-state index contributed by atoms with van der Waals surface area (Å²) < 4.78 is 72.7. The molecule has 0 spiro atoms. The first-order valence-electron chi connectivity index (χ1n) is 26.1. The van der Waals surface area contributed by atoms with E-state index in [1.165, 1.54) is 67.3 Å². The second-order valence-corrected chi connectivity index (χ2v) is 19.9. The van der Waals surface area contributed by atoms with Crippen molar-refractivity contribution in [2.75, 3.05) is 25.4 Å². The Morgan fingerprint density at radius 2 is 0.890 bits per heavy atom. The lowest BCUT2D eigenvalue weighted by Gasteiger charge is -2.14. The molecule has 0 aliphatic carbocycles. The van der Waals surface area contributed by atoms with E-state index < -0.39 is 17.6 Å². The third kappa shape index (κ3) is 20.9. The van der Waals surface area contributed by atoms with Crippen LogP contribution in [0.2, 0.25) is 0 Å². The number of carboxylic acids is 1. The lowest BCUT2D eigenvalue weighted by molar-refractivity contribution is -0.136. The van der Waals surface area contributed by atoms with Crippen LogP contribution in [0.15, 0.2) is 99.6 Å². The number of aliphatic carboxylic acids is 1. The number of hydrogen-bond acceptors (Lipinski definition) is 9. The summed E-state index contributed by atoms with van der Waals surface area (Å²) in [4.78, 5) is 58.4. The Hall–Kier alpha value is -6.29. The number of ether oxygens (including phenoxy) is 1. The van der Waals surface area contributed by atoms with Gasteiger partial charge in [-0.25, -0.2) is 26.7 Å². The molecule has 0 fully saturated rings. The van der Waals surface area contributed by atoms with Gasteiger partial charge in [-0.2, -0.15) is 0 Å². The van der Waals surface area contributed by atoms with Crippen molar-refractivity contribution in [1.82, 2.24) is 0 Å². The Morgan fingerprint density at radius 3 is 1.27 bits per heavy atom. The fourth-order valence-corrected chi connectivity index (χ4v) is 10.2. The van der Waals surface area contributed by atoms with Crippen molar-refractivity contribution in [1.29, 1.82) is 0 Å². The van der Waals surface area contributed by atoms with Crippen molar-refractivity contribution < 1.29 is 55.8 Å². The van der Waals surface area contributed by atoms with Gasteiger partial charge in [-0.05, 0) is 167 Å². The van der Waals surface area contributed by atoms with Gasteiger partial charge in [0.2, 0.25) is 0 Å². The summed E-state index contributed by atoms with van der Waals surface area (Å²) in [5.74, 6) is -4.05. The summed E-state index contributed by atoms with van der Waals surface area (Å²) in [5, 5.41) is 8.37. The number of esters is 1. The summed E-state index contributed by atoms with van der Waals surface area (Å²) in [6.45, 7) is 27.5. The predicted molar refractivity (Wildman–Crippen MR) is 336 cm³/mol. The maximum absolute atomic E-state index is 14.4. The smallest absolute Gasteiger partial charge is 0.339 e. The van der Waals surface area contributed by atoms with Crippen LogP contribution in [0.25, 0.3) is 11.1 Å². The van der Waals surface area contributed by atoms with Crippen LogP contribution in [-0.4, -0.2) is 59.8 Å². The molecule has 448 valence electrons. The van der Waals surface area contributed by atoms with Crippen LogP contribution in [0, 0.1) is 84.5 Å². The van der Waals surface area contributed by atoms with E-state index in [9.17, 15) is 45.9 Å². The van der Waals surface area contributed by atoms with Crippen molar-refractivity contribution in [3.63, 3.8) is 0 Å². The molecule has 0 bridgehead atoms. The van der Waals surface area contributed by atoms with E-state index in [1.54, 1.807) is 32.9 Å². The number of halogens is 5.